The van der Waals surface area contributed by atoms with Gasteiger partial charge in [0, 0.05) is 24.5 Å². The molecule has 1 unspecified atom stereocenters. The predicted molar refractivity (Wildman–Crippen MR) is 98.2 cm³/mol. The molecule has 1 N–H and O–H groups in total. The fourth-order valence-electron chi connectivity index (χ4n) is 2.97. The third-order valence-corrected chi connectivity index (χ3v) is 6.89. The molecule has 1 aromatic heterocycles. The monoisotopic (exact) mass is 365 g/mol. The topological polar surface area (TPSA) is 52.7 Å². The van der Waals surface area contributed by atoms with Gasteiger partial charge in [-0.2, -0.15) is 12.7 Å². The van der Waals surface area contributed by atoms with Crippen molar-refractivity contribution in [2.24, 2.45) is 0 Å². The lowest BCUT2D eigenvalue weighted by Crippen LogP contribution is -2.45. The summed E-state index contributed by atoms with van der Waals surface area (Å²) >= 11 is 1.65. The lowest BCUT2D eigenvalue weighted by Gasteiger charge is -2.30. The van der Waals surface area contributed by atoms with Crippen molar-refractivity contribution in [1.82, 2.24) is 13.9 Å². The highest BCUT2D eigenvalue weighted by Gasteiger charge is 2.27. The van der Waals surface area contributed by atoms with Gasteiger partial charge in [-0.3, -0.25) is 0 Å². The maximum atomic E-state index is 12.7. The van der Waals surface area contributed by atoms with Crippen LogP contribution in [0.25, 0.3) is 0 Å². The van der Waals surface area contributed by atoms with E-state index in [2.05, 4.69) is 10.8 Å². The summed E-state index contributed by atoms with van der Waals surface area (Å²) in [6.07, 6.45) is 0.763. The van der Waals surface area contributed by atoms with Gasteiger partial charge in [0.2, 0.25) is 0 Å². The van der Waals surface area contributed by atoms with Gasteiger partial charge in [-0.05, 0) is 43.1 Å². The van der Waals surface area contributed by atoms with Crippen LogP contribution in [0.4, 0.5) is 0 Å². The molecule has 0 aliphatic carbocycles. The van der Waals surface area contributed by atoms with Crippen molar-refractivity contribution < 1.29 is 8.42 Å². The molecule has 0 bridgehead atoms. The van der Waals surface area contributed by atoms with Crippen molar-refractivity contribution in [3.8, 4) is 0 Å². The molecule has 1 atom stereocenters. The standard InChI is InChI=1S/C17H23N3O2S2/c1-19(2)16(17-8-5-11-23-17)12-18-24(21,22)20-10-9-14-6-3-4-7-15(14)13-20/h3-8,11,16,18H,9-10,12-13H2,1-2H3. The van der Waals surface area contributed by atoms with E-state index in [0.29, 0.717) is 19.6 Å². The minimum absolute atomic E-state index is 0.0388. The fraction of sp³-hybridized carbons (Fsp3) is 0.412. The van der Waals surface area contributed by atoms with Crippen molar-refractivity contribution in [1.29, 1.82) is 0 Å². The summed E-state index contributed by atoms with van der Waals surface area (Å²) < 4.78 is 29.7. The van der Waals surface area contributed by atoms with Crippen LogP contribution in [-0.4, -0.2) is 44.8 Å². The average Bonchev–Trinajstić information content (AvgIpc) is 3.08. The lowest BCUT2D eigenvalue weighted by molar-refractivity contribution is 0.299. The molecule has 2 heterocycles. The molecule has 1 aliphatic rings. The molecule has 0 amide bonds. The number of nitrogens with one attached hydrogen (secondary N) is 1. The first kappa shape index (κ1) is 17.6. The first-order valence-electron chi connectivity index (χ1n) is 7.99. The van der Waals surface area contributed by atoms with Crippen LogP contribution in [0.3, 0.4) is 0 Å². The van der Waals surface area contributed by atoms with E-state index in [-0.39, 0.29) is 6.04 Å². The number of thiophene rings is 1. The zero-order valence-corrected chi connectivity index (χ0v) is 15.6. The van der Waals surface area contributed by atoms with E-state index in [4.69, 9.17) is 0 Å². The van der Waals surface area contributed by atoms with Crippen molar-refractivity contribution >= 4 is 21.5 Å². The highest BCUT2D eigenvalue weighted by molar-refractivity contribution is 7.87. The quantitative estimate of drug-likeness (QED) is 0.854. The maximum Gasteiger partial charge on any atom is 0.279 e. The molecule has 0 saturated heterocycles. The summed E-state index contributed by atoms with van der Waals surface area (Å²) in [6, 6.07) is 12.1. The maximum absolute atomic E-state index is 12.7. The van der Waals surface area contributed by atoms with Crippen LogP contribution >= 0.6 is 11.3 Å². The zero-order valence-electron chi connectivity index (χ0n) is 14.0. The second kappa shape index (κ2) is 7.33. The molecule has 2 aromatic rings. The van der Waals surface area contributed by atoms with Crippen LogP contribution in [0.15, 0.2) is 41.8 Å². The van der Waals surface area contributed by atoms with Gasteiger partial charge in [-0.15, -0.1) is 11.3 Å². The summed E-state index contributed by atoms with van der Waals surface area (Å²) in [5, 5.41) is 2.02. The Morgan fingerprint density at radius 3 is 2.62 bits per heavy atom. The van der Waals surface area contributed by atoms with Gasteiger partial charge in [0.1, 0.15) is 0 Å². The molecule has 0 fully saturated rings. The molecular formula is C17H23N3O2S2. The molecule has 1 aliphatic heterocycles. The number of hydrogen-bond acceptors (Lipinski definition) is 4. The Labute approximate surface area is 148 Å². The molecule has 3 rings (SSSR count). The molecule has 7 heteroatoms. The van der Waals surface area contributed by atoms with Gasteiger partial charge in [0.25, 0.3) is 10.2 Å². The molecule has 0 saturated carbocycles. The van der Waals surface area contributed by atoms with Gasteiger partial charge in [-0.25, -0.2) is 4.72 Å². The van der Waals surface area contributed by atoms with Crippen LogP contribution in [0.1, 0.15) is 22.0 Å². The number of benzene rings is 1. The average molecular weight is 366 g/mol. The first-order valence-corrected chi connectivity index (χ1v) is 10.3. The molecule has 1 aromatic carbocycles. The summed E-state index contributed by atoms with van der Waals surface area (Å²) in [4.78, 5) is 3.20. The number of rotatable bonds is 6. The SMILES string of the molecule is CN(C)C(CNS(=O)(=O)N1CCc2ccccc2C1)c1cccs1. The van der Waals surface area contributed by atoms with Crippen LogP contribution in [0, 0.1) is 0 Å². The number of nitrogens with zero attached hydrogens (tertiary/aromatic N) is 2. The third kappa shape index (κ3) is 3.87. The normalized spacial score (nSPS) is 17.0. The Bertz CT molecular complexity index is 773. The Balaban J connectivity index is 1.68. The minimum atomic E-state index is -3.48. The van der Waals surface area contributed by atoms with Crippen molar-refractivity contribution in [2.45, 2.75) is 19.0 Å². The van der Waals surface area contributed by atoms with Crippen LogP contribution in [0.2, 0.25) is 0 Å². The highest BCUT2D eigenvalue weighted by Crippen LogP contribution is 2.24. The number of hydrogen-bond donors (Lipinski definition) is 1. The van der Waals surface area contributed by atoms with E-state index < -0.39 is 10.2 Å². The summed E-state index contributed by atoms with van der Waals surface area (Å²) in [7, 11) is 0.452. The van der Waals surface area contributed by atoms with E-state index in [1.54, 1.807) is 11.3 Å². The van der Waals surface area contributed by atoms with E-state index >= 15 is 0 Å². The van der Waals surface area contributed by atoms with Gasteiger partial charge in [0.15, 0.2) is 0 Å². The summed E-state index contributed by atoms with van der Waals surface area (Å²) in [5.74, 6) is 0. The Morgan fingerprint density at radius 2 is 1.96 bits per heavy atom. The highest BCUT2D eigenvalue weighted by atomic mass is 32.2. The van der Waals surface area contributed by atoms with Crippen LogP contribution < -0.4 is 4.72 Å². The Hall–Kier alpha value is -1.25. The molecule has 0 spiro atoms. The second-order valence-electron chi connectivity index (χ2n) is 6.20. The van der Waals surface area contributed by atoms with Crippen molar-refractivity contribution in [3.05, 3.63) is 57.8 Å². The minimum Gasteiger partial charge on any atom is -0.300 e. The van der Waals surface area contributed by atoms with Crippen LogP contribution in [0.5, 0.6) is 0 Å². The van der Waals surface area contributed by atoms with Gasteiger partial charge < -0.3 is 4.90 Å². The fourth-order valence-corrected chi connectivity index (χ4v) is 5.08. The van der Waals surface area contributed by atoms with Gasteiger partial charge in [0.05, 0.1) is 6.04 Å². The number of fused-ring (bicyclic) bond motifs is 1. The molecule has 5 nitrogen and oxygen atoms in total. The molecule has 130 valence electrons. The Morgan fingerprint density at radius 1 is 1.21 bits per heavy atom. The van der Waals surface area contributed by atoms with Gasteiger partial charge >= 0.3 is 0 Å². The second-order valence-corrected chi connectivity index (χ2v) is 8.94. The smallest absolute Gasteiger partial charge is 0.279 e. The van der Waals surface area contributed by atoms with E-state index in [1.807, 2.05) is 54.7 Å². The van der Waals surface area contributed by atoms with Crippen molar-refractivity contribution in [3.63, 3.8) is 0 Å². The first-order chi connectivity index (χ1) is 11.5. The predicted octanol–water partition coefficient (Wildman–Crippen LogP) is 2.24. The number of likely N-dealkylation sites (N-methyl/N-ethyl adjacent to an activating group) is 1. The molecule has 24 heavy (non-hydrogen) atoms. The Kier molecular flexibility index (Phi) is 5.36. The van der Waals surface area contributed by atoms with E-state index in [0.717, 1.165) is 16.9 Å². The van der Waals surface area contributed by atoms with E-state index in [1.165, 1.54) is 9.87 Å². The van der Waals surface area contributed by atoms with E-state index in [9.17, 15) is 8.42 Å². The largest absolute Gasteiger partial charge is 0.300 e. The lowest BCUT2D eigenvalue weighted by atomic mass is 10.0. The van der Waals surface area contributed by atoms with Crippen molar-refractivity contribution in [2.75, 3.05) is 27.2 Å². The third-order valence-electron chi connectivity index (χ3n) is 4.39. The summed E-state index contributed by atoms with van der Waals surface area (Å²) in [6.45, 7) is 1.34. The van der Waals surface area contributed by atoms with Crippen LogP contribution in [-0.2, 0) is 23.2 Å². The molecule has 0 radical (unpaired) electrons. The zero-order chi connectivity index (χ0) is 17.2. The molecular weight excluding hydrogens is 342 g/mol. The summed E-state index contributed by atoms with van der Waals surface area (Å²) in [5.41, 5.74) is 2.34. The van der Waals surface area contributed by atoms with Gasteiger partial charge in [-0.1, -0.05) is 30.3 Å².